The maximum atomic E-state index is 12.9. The van der Waals surface area contributed by atoms with Crippen molar-refractivity contribution in [2.75, 3.05) is 13.2 Å². The molecule has 8 heteroatoms. The highest BCUT2D eigenvalue weighted by atomic mass is 16.5. The Kier molecular flexibility index (Phi) is 4.84. The molecular formula is C22H23N5O3. The summed E-state index contributed by atoms with van der Waals surface area (Å²) in [6.07, 6.45) is 8.29. The molecule has 2 aromatic rings. The van der Waals surface area contributed by atoms with Crippen molar-refractivity contribution in [2.24, 2.45) is 0 Å². The van der Waals surface area contributed by atoms with Gasteiger partial charge in [0.15, 0.2) is 0 Å². The molecule has 1 atom stereocenters. The monoisotopic (exact) mass is 405 g/mol. The van der Waals surface area contributed by atoms with E-state index in [2.05, 4.69) is 26.6 Å². The second kappa shape index (κ2) is 7.79. The minimum Gasteiger partial charge on any atom is -0.376 e. The fourth-order valence-corrected chi connectivity index (χ4v) is 4.13. The van der Waals surface area contributed by atoms with Crippen molar-refractivity contribution in [3.8, 4) is 11.3 Å². The van der Waals surface area contributed by atoms with E-state index < -0.39 is 0 Å². The lowest BCUT2D eigenvalue weighted by molar-refractivity contribution is 0.0937. The molecule has 0 spiro atoms. The molecule has 0 saturated carbocycles. The number of aromatic amines is 2. The van der Waals surface area contributed by atoms with Crippen molar-refractivity contribution in [3.05, 3.63) is 64.3 Å². The predicted octanol–water partition coefficient (Wildman–Crippen LogP) is 2.31. The first-order valence-electron chi connectivity index (χ1n) is 10.2. The molecule has 4 heterocycles. The van der Waals surface area contributed by atoms with Crippen LogP contribution in [-0.4, -0.2) is 44.9 Å². The maximum absolute atomic E-state index is 12.9. The minimum absolute atomic E-state index is 0.104. The summed E-state index contributed by atoms with van der Waals surface area (Å²) in [5.74, 6) is -0.243. The zero-order valence-electron chi connectivity index (χ0n) is 16.5. The van der Waals surface area contributed by atoms with Gasteiger partial charge in [-0.2, -0.15) is 5.10 Å². The number of pyridine rings is 1. The van der Waals surface area contributed by atoms with Crippen LogP contribution >= 0.6 is 0 Å². The number of aromatic nitrogens is 4. The molecule has 1 amide bonds. The fourth-order valence-electron chi connectivity index (χ4n) is 4.13. The normalized spacial score (nSPS) is 16.5. The van der Waals surface area contributed by atoms with E-state index in [4.69, 9.17) is 4.74 Å². The van der Waals surface area contributed by atoms with Crippen molar-refractivity contribution < 1.29 is 9.53 Å². The average Bonchev–Trinajstić information content (AvgIpc) is 3.49. The SMILES string of the molecule is O=C(NCCc1c[nH]c2ccccc12)c1cn(C[C@@H]2CCCO2)cc2c(=O)[nH]nc1-2. The zero-order chi connectivity index (χ0) is 20.5. The van der Waals surface area contributed by atoms with Gasteiger partial charge in [-0.1, -0.05) is 18.2 Å². The maximum Gasteiger partial charge on any atom is 0.275 e. The van der Waals surface area contributed by atoms with Crippen molar-refractivity contribution in [2.45, 2.75) is 31.9 Å². The summed E-state index contributed by atoms with van der Waals surface area (Å²) in [6, 6.07) is 8.09. The van der Waals surface area contributed by atoms with Gasteiger partial charge in [-0.25, -0.2) is 5.10 Å². The van der Waals surface area contributed by atoms with Gasteiger partial charge in [0.05, 0.1) is 17.2 Å². The number of nitrogens with one attached hydrogen (secondary N) is 3. The highest BCUT2D eigenvalue weighted by molar-refractivity contribution is 5.99. The van der Waals surface area contributed by atoms with Gasteiger partial charge in [0, 0.05) is 49.2 Å². The lowest BCUT2D eigenvalue weighted by Crippen LogP contribution is -2.28. The summed E-state index contributed by atoms with van der Waals surface area (Å²) >= 11 is 0. The van der Waals surface area contributed by atoms with Gasteiger partial charge >= 0.3 is 0 Å². The predicted molar refractivity (Wildman–Crippen MR) is 113 cm³/mol. The van der Waals surface area contributed by atoms with Crippen LogP contribution in [0.25, 0.3) is 22.2 Å². The molecule has 0 radical (unpaired) electrons. The van der Waals surface area contributed by atoms with Crippen molar-refractivity contribution in [1.29, 1.82) is 0 Å². The molecule has 1 aromatic heterocycles. The van der Waals surface area contributed by atoms with E-state index in [1.54, 1.807) is 12.4 Å². The molecule has 1 fully saturated rings. The molecule has 1 saturated heterocycles. The van der Waals surface area contributed by atoms with E-state index in [1.165, 1.54) is 0 Å². The second-order valence-electron chi connectivity index (χ2n) is 7.68. The summed E-state index contributed by atoms with van der Waals surface area (Å²) in [5.41, 5.74) is 3.14. The van der Waals surface area contributed by atoms with E-state index in [0.717, 1.165) is 35.9 Å². The molecule has 0 bridgehead atoms. The van der Waals surface area contributed by atoms with Crippen LogP contribution in [0.5, 0.6) is 0 Å². The first-order chi connectivity index (χ1) is 14.7. The number of hydrogen-bond donors (Lipinski definition) is 3. The van der Waals surface area contributed by atoms with Crippen LogP contribution in [0.3, 0.4) is 0 Å². The lowest BCUT2D eigenvalue weighted by Gasteiger charge is -2.16. The Balaban J connectivity index is 1.33. The van der Waals surface area contributed by atoms with Crippen LogP contribution in [0.2, 0.25) is 0 Å². The lowest BCUT2D eigenvalue weighted by atomic mass is 10.1. The van der Waals surface area contributed by atoms with Gasteiger partial charge in [-0.3, -0.25) is 9.59 Å². The first kappa shape index (κ1) is 18.6. The number of amides is 1. The van der Waals surface area contributed by atoms with E-state index in [9.17, 15) is 9.59 Å². The molecule has 0 aliphatic carbocycles. The smallest absolute Gasteiger partial charge is 0.275 e. The molecular weight excluding hydrogens is 382 g/mol. The molecule has 3 N–H and O–H groups in total. The summed E-state index contributed by atoms with van der Waals surface area (Å²) in [5, 5.41) is 10.6. The Hall–Kier alpha value is -3.39. The van der Waals surface area contributed by atoms with Gasteiger partial charge in [0.25, 0.3) is 11.5 Å². The van der Waals surface area contributed by atoms with Crippen LogP contribution in [0.15, 0.2) is 47.7 Å². The number of nitrogens with zero attached hydrogens (tertiary/aromatic N) is 2. The Morgan fingerprint density at radius 2 is 2.20 bits per heavy atom. The highest BCUT2D eigenvalue weighted by Gasteiger charge is 2.23. The molecule has 0 unspecified atom stereocenters. The molecule has 1 aromatic carbocycles. The Labute approximate surface area is 172 Å². The van der Waals surface area contributed by atoms with Crippen LogP contribution in [0.1, 0.15) is 28.8 Å². The first-order valence-corrected chi connectivity index (χ1v) is 10.2. The third-order valence-electron chi connectivity index (χ3n) is 5.65. The summed E-state index contributed by atoms with van der Waals surface area (Å²) < 4.78 is 7.56. The second-order valence-corrected chi connectivity index (χ2v) is 7.68. The van der Waals surface area contributed by atoms with Crippen LogP contribution in [0, 0.1) is 0 Å². The Morgan fingerprint density at radius 3 is 3.07 bits per heavy atom. The number of ether oxygens (including phenoxy) is 1. The summed E-state index contributed by atoms with van der Waals surface area (Å²) in [4.78, 5) is 28.3. The number of para-hydroxylation sites is 1. The number of fused-ring (bicyclic) bond motifs is 2. The molecule has 154 valence electrons. The third kappa shape index (κ3) is 3.50. The molecule has 3 aliphatic rings. The fraction of sp³-hybridized carbons (Fsp3) is 0.318. The van der Waals surface area contributed by atoms with Crippen LogP contribution in [-0.2, 0) is 17.7 Å². The van der Waals surface area contributed by atoms with E-state index in [0.29, 0.717) is 36.3 Å². The van der Waals surface area contributed by atoms with E-state index in [-0.39, 0.29) is 17.6 Å². The minimum atomic E-state index is -0.292. The number of rotatable bonds is 6. The van der Waals surface area contributed by atoms with Gasteiger partial charge in [-0.15, -0.1) is 0 Å². The standard InChI is InChI=1S/C22H23N5O3/c28-21(23-8-7-14-10-24-19-6-2-1-5-16(14)19)17-12-27(11-15-4-3-9-30-15)13-18-20(17)25-26-22(18)29/h1-2,5-6,10,12-13,15,24H,3-4,7-9,11H2,(H,23,28)(H,26,29)/t15-/m0/s1. The summed E-state index contributed by atoms with van der Waals surface area (Å²) in [7, 11) is 0. The van der Waals surface area contributed by atoms with E-state index >= 15 is 0 Å². The Morgan fingerprint density at radius 1 is 1.30 bits per heavy atom. The number of benzene rings is 1. The summed E-state index contributed by atoms with van der Waals surface area (Å²) in [6.45, 7) is 1.85. The number of carbonyl (C=O) groups is 1. The third-order valence-corrected chi connectivity index (χ3v) is 5.65. The Bertz CT molecular complexity index is 1210. The van der Waals surface area contributed by atoms with Crippen LogP contribution < -0.4 is 10.9 Å². The topological polar surface area (TPSA) is 105 Å². The van der Waals surface area contributed by atoms with Crippen molar-refractivity contribution in [3.63, 3.8) is 0 Å². The number of carbonyl (C=O) groups excluding carboxylic acids is 1. The van der Waals surface area contributed by atoms with Gasteiger partial charge < -0.3 is 19.6 Å². The van der Waals surface area contributed by atoms with Crippen LogP contribution in [0.4, 0.5) is 0 Å². The zero-order valence-corrected chi connectivity index (χ0v) is 16.5. The average molecular weight is 405 g/mol. The van der Waals surface area contributed by atoms with Gasteiger partial charge in [0.1, 0.15) is 5.69 Å². The molecule has 30 heavy (non-hydrogen) atoms. The largest absolute Gasteiger partial charge is 0.376 e. The van der Waals surface area contributed by atoms with Crippen molar-refractivity contribution in [1.82, 2.24) is 25.1 Å². The van der Waals surface area contributed by atoms with Crippen molar-refractivity contribution >= 4 is 16.8 Å². The van der Waals surface area contributed by atoms with Gasteiger partial charge in [0.2, 0.25) is 0 Å². The van der Waals surface area contributed by atoms with E-state index in [1.807, 2.05) is 29.0 Å². The van der Waals surface area contributed by atoms with Gasteiger partial charge in [-0.05, 0) is 30.9 Å². The molecule has 8 nitrogen and oxygen atoms in total. The highest BCUT2D eigenvalue weighted by Crippen LogP contribution is 2.22. The molecule has 3 aliphatic heterocycles. The number of hydrogen-bond acceptors (Lipinski definition) is 4. The number of H-pyrrole nitrogens is 2. The quantitative estimate of drug-likeness (QED) is 0.458. The molecule has 5 rings (SSSR count).